The molecule has 12 N–H and O–H groups in total. The van der Waals surface area contributed by atoms with E-state index in [-0.39, 0.29) is 30.9 Å². The summed E-state index contributed by atoms with van der Waals surface area (Å²) < 4.78 is 0. The fourth-order valence-electron chi connectivity index (χ4n) is 7.15. The summed E-state index contributed by atoms with van der Waals surface area (Å²) in [6, 6.07) is 2.35. The molecule has 0 aromatic heterocycles. The van der Waals surface area contributed by atoms with Crippen LogP contribution in [0.1, 0.15) is 77.3 Å². The number of carbonyl (C=O) groups is 8. The van der Waals surface area contributed by atoms with E-state index in [0.29, 0.717) is 37.2 Å². The Labute approximate surface area is 386 Å². The topological polar surface area (TPSA) is 348 Å². The fraction of sp³-hybridized carbons (Fsp3) is 0.535. The highest BCUT2D eigenvalue weighted by Gasteiger charge is 2.39. The number of aliphatic carboxylic acids is 1. The van der Waals surface area contributed by atoms with Crippen molar-refractivity contribution in [2.24, 2.45) is 11.7 Å². The van der Waals surface area contributed by atoms with Crippen molar-refractivity contribution in [3.63, 3.8) is 0 Å². The number of primary amides is 1. The largest absolute Gasteiger partial charge is 0.502 e. The minimum atomic E-state index is -1.54. The molecule has 22 nitrogen and oxygen atoms in total. The average Bonchev–Trinajstić information content (AvgIpc) is 3.77. The number of carboxylic acids is 1. The number of nitro groups is 1. The molecular formula is C43H62N10O12S. The molecule has 2 aromatic rings. The van der Waals surface area contributed by atoms with Gasteiger partial charge in [-0.25, -0.2) is 0 Å². The van der Waals surface area contributed by atoms with Gasteiger partial charge in [-0.3, -0.25) is 48.5 Å². The molecule has 7 amide bonds. The molecule has 1 heterocycles. The number of nitrogens with zero attached hydrogens (tertiary/aromatic N) is 2. The summed E-state index contributed by atoms with van der Waals surface area (Å²) in [5, 5.41) is 46.7. The molecule has 2 aromatic carbocycles. The lowest BCUT2D eigenvalue weighted by Gasteiger charge is -2.30. The molecule has 1 aliphatic rings. The van der Waals surface area contributed by atoms with Crippen molar-refractivity contribution < 1.29 is 53.5 Å². The number of para-hydroxylation sites is 1. The van der Waals surface area contributed by atoms with E-state index in [2.05, 4.69) is 31.9 Å². The predicted octanol–water partition coefficient (Wildman–Crippen LogP) is 0.188. The third-order valence-electron chi connectivity index (χ3n) is 11.3. The third kappa shape index (κ3) is 15.9. The van der Waals surface area contributed by atoms with Crippen molar-refractivity contribution in [2.45, 2.75) is 121 Å². The Morgan fingerprint density at radius 2 is 1.55 bits per heavy atom. The number of phenols is 1. The average molecular weight is 943 g/mol. The van der Waals surface area contributed by atoms with Crippen LogP contribution in [0.25, 0.3) is 0 Å². The second-order valence-corrected chi connectivity index (χ2v) is 17.2. The standard InChI is InChI=1S/C43H62N10O12S/c1-6-23(2)36(51-39(59)30(17-19-66-5)46-22-27-10-7-8-11-28(27)44)42(62)47-24(3)38(58)48-25(4)43(63)52-18-9-12-32(52)41(61)50-31(20-26-13-15-34(54)33(21-26)53(64)65)40(60)49-29(37(45)57)14-16-35(55)56/h7-8,10-11,13,15,21,23-25,29-32,36,46,54H,6,9,12,14,16-20,22,44H2,1-5H3,(H2,45,57)(H,47,62)(H,48,58)(H,49,60)(H,50,61)(H,51,59)(H,55,56)/t23-,24-,25-,29-,30-,31-,32-,36-/m0/s1. The van der Waals surface area contributed by atoms with Crippen LogP contribution in [-0.4, -0.2) is 128 Å². The molecule has 362 valence electrons. The number of anilines is 1. The number of nitrogens with one attached hydrogen (secondary N) is 6. The lowest BCUT2D eigenvalue weighted by molar-refractivity contribution is -0.385. The molecule has 1 aliphatic heterocycles. The van der Waals surface area contributed by atoms with Crippen molar-refractivity contribution in [1.82, 2.24) is 36.8 Å². The van der Waals surface area contributed by atoms with Gasteiger partial charge in [0.25, 0.3) is 0 Å². The maximum atomic E-state index is 13.9. The summed E-state index contributed by atoms with van der Waals surface area (Å²) in [7, 11) is 0. The van der Waals surface area contributed by atoms with Gasteiger partial charge in [-0.15, -0.1) is 0 Å². The number of likely N-dealkylation sites (tertiary alicyclic amines) is 1. The number of thioether (sulfide) groups is 1. The number of benzene rings is 2. The van der Waals surface area contributed by atoms with Gasteiger partial charge in [0.15, 0.2) is 5.75 Å². The molecule has 66 heavy (non-hydrogen) atoms. The number of nitro benzene ring substituents is 1. The maximum Gasteiger partial charge on any atom is 0.310 e. The number of nitrogens with two attached hydrogens (primary N) is 2. The molecule has 1 fully saturated rings. The molecule has 8 atom stereocenters. The van der Waals surface area contributed by atoms with Crippen molar-refractivity contribution in [3.05, 3.63) is 63.7 Å². The molecule has 1 saturated heterocycles. The minimum absolute atomic E-state index is 0.0885. The molecule has 0 saturated carbocycles. The first kappa shape index (κ1) is 53.8. The van der Waals surface area contributed by atoms with Gasteiger partial charge in [0, 0.05) is 37.7 Å². The monoisotopic (exact) mass is 942 g/mol. The van der Waals surface area contributed by atoms with E-state index >= 15 is 0 Å². The SMILES string of the molecule is CC[C@H](C)[C@H](NC(=O)[C@H](CCSC)NCc1ccccc1N)C(=O)N[C@@H](C)C(=O)N[C@@H](C)C(=O)N1CCC[C@H]1C(=O)N[C@@H](Cc1ccc(O)c([N+](=O)[O-])c1)C(=O)N[C@@H](CCC(=O)O)C(N)=O. The first-order valence-electron chi connectivity index (χ1n) is 21.5. The summed E-state index contributed by atoms with van der Waals surface area (Å²) >= 11 is 1.56. The number of amides is 7. The predicted molar refractivity (Wildman–Crippen MR) is 244 cm³/mol. The number of rotatable bonds is 26. The van der Waals surface area contributed by atoms with Gasteiger partial charge in [-0.1, -0.05) is 44.5 Å². The second-order valence-electron chi connectivity index (χ2n) is 16.2. The molecule has 0 radical (unpaired) electrons. The first-order chi connectivity index (χ1) is 31.2. The molecule has 0 unspecified atom stereocenters. The van der Waals surface area contributed by atoms with Crippen LogP contribution in [0.5, 0.6) is 5.75 Å². The highest BCUT2D eigenvalue weighted by Crippen LogP contribution is 2.27. The van der Waals surface area contributed by atoms with Crippen LogP contribution < -0.4 is 43.4 Å². The van der Waals surface area contributed by atoms with Crippen LogP contribution in [0.2, 0.25) is 0 Å². The van der Waals surface area contributed by atoms with E-state index in [1.807, 2.05) is 31.4 Å². The van der Waals surface area contributed by atoms with Gasteiger partial charge >= 0.3 is 11.7 Å². The zero-order valence-corrected chi connectivity index (χ0v) is 38.5. The Morgan fingerprint density at radius 3 is 2.17 bits per heavy atom. The summed E-state index contributed by atoms with van der Waals surface area (Å²) in [4.78, 5) is 117. The zero-order valence-electron chi connectivity index (χ0n) is 37.7. The van der Waals surface area contributed by atoms with Gasteiger partial charge in [0.1, 0.15) is 36.3 Å². The molecule has 0 bridgehead atoms. The summed E-state index contributed by atoms with van der Waals surface area (Å²) in [6.45, 7) is 6.87. The zero-order chi connectivity index (χ0) is 49.2. The highest BCUT2D eigenvalue weighted by molar-refractivity contribution is 7.98. The maximum absolute atomic E-state index is 13.9. The van der Waals surface area contributed by atoms with Crippen LogP contribution in [0.4, 0.5) is 11.4 Å². The van der Waals surface area contributed by atoms with E-state index in [1.54, 1.807) is 24.8 Å². The third-order valence-corrected chi connectivity index (χ3v) is 11.9. The number of phenolic OH excluding ortho intramolecular Hbond substituents is 1. The number of hydrogen-bond donors (Lipinski definition) is 10. The second kappa shape index (κ2) is 25.9. The number of carboxylic acid groups (broad SMARTS) is 1. The number of carbonyl (C=O) groups excluding carboxylic acids is 7. The van der Waals surface area contributed by atoms with Crippen molar-refractivity contribution in [3.8, 4) is 5.75 Å². The van der Waals surface area contributed by atoms with Crippen molar-refractivity contribution >= 4 is 70.5 Å². The number of nitrogen functional groups attached to an aromatic ring is 1. The van der Waals surface area contributed by atoms with Gasteiger partial charge < -0.3 is 58.5 Å². The van der Waals surface area contributed by atoms with E-state index < -0.39 is 119 Å². The Hall–Kier alpha value is -6.49. The Bertz CT molecular complexity index is 2090. The molecule has 0 spiro atoms. The van der Waals surface area contributed by atoms with Gasteiger partial charge in [-0.05, 0) is 80.7 Å². The Morgan fingerprint density at radius 1 is 0.879 bits per heavy atom. The summed E-state index contributed by atoms with van der Waals surface area (Å²) in [5.41, 5.74) is 12.3. The van der Waals surface area contributed by atoms with E-state index in [0.717, 1.165) is 17.7 Å². The highest BCUT2D eigenvalue weighted by atomic mass is 32.2. The fourth-order valence-corrected chi connectivity index (χ4v) is 7.62. The number of hydrogen-bond acceptors (Lipinski definition) is 14. The Balaban J connectivity index is 1.71. The van der Waals surface area contributed by atoms with E-state index in [4.69, 9.17) is 16.6 Å². The van der Waals surface area contributed by atoms with Crippen LogP contribution in [-0.2, 0) is 51.3 Å². The lowest BCUT2D eigenvalue weighted by atomic mass is 9.97. The van der Waals surface area contributed by atoms with Gasteiger partial charge in [-0.2, -0.15) is 11.8 Å². The van der Waals surface area contributed by atoms with Gasteiger partial charge in [0.05, 0.1) is 11.0 Å². The van der Waals surface area contributed by atoms with Crippen molar-refractivity contribution in [2.75, 3.05) is 24.3 Å². The van der Waals surface area contributed by atoms with Crippen LogP contribution in [0.3, 0.4) is 0 Å². The molecule has 0 aliphatic carbocycles. The lowest BCUT2D eigenvalue weighted by Crippen LogP contribution is -2.59. The molecule has 23 heteroatoms. The summed E-state index contributed by atoms with van der Waals surface area (Å²) in [5.74, 6) is -6.87. The smallest absolute Gasteiger partial charge is 0.310 e. The Kier molecular flexibility index (Phi) is 21.1. The van der Waals surface area contributed by atoms with Crippen molar-refractivity contribution in [1.29, 1.82) is 0 Å². The van der Waals surface area contributed by atoms with Crippen LogP contribution >= 0.6 is 11.8 Å². The minimum Gasteiger partial charge on any atom is -0.502 e. The quantitative estimate of drug-likeness (QED) is 0.0342. The normalized spacial score (nSPS) is 16.6. The molecule has 3 rings (SSSR count). The van der Waals surface area contributed by atoms with Crippen LogP contribution in [0, 0.1) is 16.0 Å². The van der Waals surface area contributed by atoms with E-state index in [1.165, 1.54) is 24.8 Å². The summed E-state index contributed by atoms with van der Waals surface area (Å²) in [6.07, 6.45) is 2.09. The number of aromatic hydroxyl groups is 1. The first-order valence-corrected chi connectivity index (χ1v) is 22.9. The van der Waals surface area contributed by atoms with Gasteiger partial charge in [0.2, 0.25) is 41.4 Å². The van der Waals surface area contributed by atoms with E-state index in [9.17, 15) is 53.6 Å². The molecular weight excluding hydrogens is 881 g/mol. The van der Waals surface area contributed by atoms with Crippen LogP contribution in [0.15, 0.2) is 42.5 Å².